The van der Waals surface area contributed by atoms with E-state index in [4.69, 9.17) is 0 Å². The van der Waals surface area contributed by atoms with Gasteiger partial charge in [0, 0.05) is 57.7 Å². The van der Waals surface area contributed by atoms with Gasteiger partial charge in [0.2, 0.25) is 11.8 Å². The molecule has 2 rings (SSSR count). The number of ketones is 1. The molecule has 154 valence electrons. The lowest BCUT2D eigenvalue weighted by molar-refractivity contribution is -0.132. The molecule has 1 fully saturated rings. The minimum atomic E-state index is 0.00891. The molecule has 1 saturated heterocycles. The van der Waals surface area contributed by atoms with Gasteiger partial charge in [-0.1, -0.05) is 29.8 Å². The monoisotopic (exact) mass is 387 g/mol. The summed E-state index contributed by atoms with van der Waals surface area (Å²) < 4.78 is 0. The summed E-state index contributed by atoms with van der Waals surface area (Å²) in [5.41, 5.74) is 1.77. The summed E-state index contributed by atoms with van der Waals surface area (Å²) in [6, 6.07) is 7.47. The Labute approximate surface area is 168 Å². The van der Waals surface area contributed by atoms with E-state index in [1.165, 1.54) is 0 Å². The minimum Gasteiger partial charge on any atom is -0.342 e. The van der Waals surface area contributed by atoms with E-state index in [0.717, 1.165) is 31.6 Å². The third-order valence-corrected chi connectivity index (χ3v) is 5.36. The van der Waals surface area contributed by atoms with Crippen LogP contribution in [0.15, 0.2) is 24.3 Å². The van der Waals surface area contributed by atoms with Crippen LogP contribution in [0.5, 0.6) is 0 Å². The average molecular weight is 388 g/mol. The number of aryl methyl sites for hydroxylation is 1. The standard InChI is InChI=1S/C22H33N3O3/c1-4-24(5-2)22(28)17-23-13-6-14-25(16-15-23)21(27)12-11-20(26)19-9-7-18(3)8-10-19/h7-10H,4-6,11-17H2,1-3H3. The van der Waals surface area contributed by atoms with E-state index in [2.05, 4.69) is 4.90 Å². The number of amides is 2. The van der Waals surface area contributed by atoms with Gasteiger partial charge in [-0.2, -0.15) is 0 Å². The van der Waals surface area contributed by atoms with Crippen molar-refractivity contribution in [3.05, 3.63) is 35.4 Å². The van der Waals surface area contributed by atoms with E-state index >= 15 is 0 Å². The van der Waals surface area contributed by atoms with Crippen molar-refractivity contribution in [3.8, 4) is 0 Å². The lowest BCUT2D eigenvalue weighted by atomic mass is 10.0. The van der Waals surface area contributed by atoms with Gasteiger partial charge in [-0.25, -0.2) is 0 Å². The molecule has 0 bridgehead atoms. The summed E-state index contributed by atoms with van der Waals surface area (Å²) in [7, 11) is 0. The maximum atomic E-state index is 12.6. The molecule has 6 heteroatoms. The summed E-state index contributed by atoms with van der Waals surface area (Å²) in [6.07, 6.45) is 1.33. The first-order chi connectivity index (χ1) is 13.4. The maximum Gasteiger partial charge on any atom is 0.236 e. The largest absolute Gasteiger partial charge is 0.342 e. The fraction of sp³-hybridized carbons (Fsp3) is 0.591. The lowest BCUT2D eigenvalue weighted by Crippen LogP contribution is -2.42. The highest BCUT2D eigenvalue weighted by Crippen LogP contribution is 2.11. The Balaban J connectivity index is 1.79. The molecular formula is C22H33N3O3. The Morgan fingerprint density at radius 2 is 1.61 bits per heavy atom. The summed E-state index contributed by atoms with van der Waals surface area (Å²) in [6.45, 7) is 10.6. The fourth-order valence-electron chi connectivity index (χ4n) is 3.51. The highest BCUT2D eigenvalue weighted by atomic mass is 16.2. The number of likely N-dealkylation sites (N-methyl/N-ethyl adjacent to an activating group) is 1. The Hall–Kier alpha value is -2.21. The second kappa shape index (κ2) is 11.0. The van der Waals surface area contributed by atoms with Crippen LogP contribution in [0.4, 0.5) is 0 Å². The Morgan fingerprint density at radius 3 is 2.25 bits per heavy atom. The molecule has 0 spiro atoms. The van der Waals surface area contributed by atoms with E-state index in [0.29, 0.717) is 31.7 Å². The second-order valence-corrected chi connectivity index (χ2v) is 7.37. The maximum absolute atomic E-state index is 12.6. The summed E-state index contributed by atoms with van der Waals surface area (Å²) >= 11 is 0. The molecule has 0 unspecified atom stereocenters. The van der Waals surface area contributed by atoms with Crippen LogP contribution in [0.2, 0.25) is 0 Å². The van der Waals surface area contributed by atoms with Crippen molar-refractivity contribution in [1.29, 1.82) is 0 Å². The number of carbonyl (C=O) groups is 3. The number of rotatable bonds is 8. The molecule has 1 aliphatic rings. The predicted octanol–water partition coefficient (Wildman–Crippen LogP) is 2.36. The van der Waals surface area contributed by atoms with Gasteiger partial charge < -0.3 is 9.80 Å². The summed E-state index contributed by atoms with van der Waals surface area (Å²) in [4.78, 5) is 42.9. The van der Waals surface area contributed by atoms with Gasteiger partial charge in [0.15, 0.2) is 5.78 Å². The van der Waals surface area contributed by atoms with Crippen molar-refractivity contribution >= 4 is 17.6 Å². The molecule has 1 aromatic rings. The number of Topliss-reactive ketones (excluding diaryl/α,β-unsaturated/α-hetero) is 1. The van der Waals surface area contributed by atoms with E-state index in [1.807, 2.05) is 54.8 Å². The van der Waals surface area contributed by atoms with Gasteiger partial charge in [0.05, 0.1) is 6.54 Å². The van der Waals surface area contributed by atoms with Gasteiger partial charge >= 0.3 is 0 Å². The van der Waals surface area contributed by atoms with Crippen molar-refractivity contribution in [3.63, 3.8) is 0 Å². The average Bonchev–Trinajstić information content (AvgIpc) is 2.93. The molecule has 1 aliphatic heterocycles. The van der Waals surface area contributed by atoms with Crippen LogP contribution in [0.3, 0.4) is 0 Å². The zero-order chi connectivity index (χ0) is 20.5. The molecular weight excluding hydrogens is 354 g/mol. The van der Waals surface area contributed by atoms with E-state index in [9.17, 15) is 14.4 Å². The minimum absolute atomic E-state index is 0.00891. The molecule has 1 aromatic carbocycles. The SMILES string of the molecule is CCN(CC)C(=O)CN1CCCN(C(=O)CCC(=O)c2ccc(C)cc2)CC1. The third-order valence-electron chi connectivity index (χ3n) is 5.36. The van der Waals surface area contributed by atoms with E-state index < -0.39 is 0 Å². The van der Waals surface area contributed by atoms with Crippen LogP contribution < -0.4 is 0 Å². The molecule has 1 heterocycles. The Bertz CT molecular complexity index is 668. The number of hydrogen-bond acceptors (Lipinski definition) is 4. The van der Waals surface area contributed by atoms with Gasteiger partial charge in [-0.3, -0.25) is 19.3 Å². The van der Waals surface area contributed by atoms with Crippen LogP contribution in [0, 0.1) is 6.92 Å². The Morgan fingerprint density at radius 1 is 0.929 bits per heavy atom. The molecule has 0 saturated carbocycles. The van der Waals surface area contributed by atoms with E-state index in [-0.39, 0.29) is 30.4 Å². The first-order valence-electron chi connectivity index (χ1n) is 10.3. The number of hydrogen-bond donors (Lipinski definition) is 0. The van der Waals surface area contributed by atoms with Gasteiger partial charge in [-0.05, 0) is 27.2 Å². The van der Waals surface area contributed by atoms with Crippen molar-refractivity contribution < 1.29 is 14.4 Å². The smallest absolute Gasteiger partial charge is 0.236 e. The topological polar surface area (TPSA) is 60.9 Å². The highest BCUT2D eigenvalue weighted by molar-refractivity contribution is 5.98. The fourth-order valence-corrected chi connectivity index (χ4v) is 3.51. The molecule has 0 radical (unpaired) electrons. The molecule has 0 N–H and O–H groups in total. The van der Waals surface area contributed by atoms with Crippen LogP contribution in [0.1, 0.15) is 49.0 Å². The van der Waals surface area contributed by atoms with Gasteiger partial charge in [-0.15, -0.1) is 0 Å². The van der Waals surface area contributed by atoms with Crippen LogP contribution in [-0.4, -0.2) is 78.1 Å². The first kappa shape index (κ1) is 22.1. The normalized spacial score (nSPS) is 15.2. The van der Waals surface area contributed by atoms with Crippen molar-refractivity contribution in [2.24, 2.45) is 0 Å². The van der Waals surface area contributed by atoms with Crippen molar-refractivity contribution in [2.45, 2.75) is 40.0 Å². The van der Waals surface area contributed by atoms with Crippen molar-refractivity contribution in [2.75, 3.05) is 45.8 Å². The van der Waals surface area contributed by atoms with Crippen LogP contribution >= 0.6 is 0 Å². The number of benzene rings is 1. The van der Waals surface area contributed by atoms with Gasteiger partial charge in [0.25, 0.3) is 0 Å². The second-order valence-electron chi connectivity index (χ2n) is 7.37. The highest BCUT2D eigenvalue weighted by Gasteiger charge is 2.22. The number of nitrogens with zero attached hydrogens (tertiary/aromatic N) is 3. The first-order valence-corrected chi connectivity index (χ1v) is 10.3. The molecule has 6 nitrogen and oxygen atoms in total. The molecule has 28 heavy (non-hydrogen) atoms. The van der Waals surface area contributed by atoms with Crippen molar-refractivity contribution in [1.82, 2.24) is 14.7 Å². The summed E-state index contributed by atoms with van der Waals surface area (Å²) in [5, 5.41) is 0. The molecule has 0 aliphatic carbocycles. The molecule has 0 aromatic heterocycles. The third kappa shape index (κ3) is 6.44. The van der Waals surface area contributed by atoms with Gasteiger partial charge in [0.1, 0.15) is 0 Å². The van der Waals surface area contributed by atoms with E-state index in [1.54, 1.807) is 0 Å². The predicted molar refractivity (Wildman–Crippen MR) is 110 cm³/mol. The Kier molecular flexibility index (Phi) is 8.64. The quantitative estimate of drug-likeness (QED) is 0.643. The zero-order valence-electron chi connectivity index (χ0n) is 17.4. The lowest BCUT2D eigenvalue weighted by Gasteiger charge is -2.25. The number of carbonyl (C=O) groups excluding carboxylic acids is 3. The summed E-state index contributed by atoms with van der Waals surface area (Å²) in [5.74, 6) is 0.181. The van der Waals surface area contributed by atoms with Crippen LogP contribution in [0.25, 0.3) is 0 Å². The zero-order valence-corrected chi connectivity index (χ0v) is 17.4. The molecule has 0 atom stereocenters. The van der Waals surface area contributed by atoms with Crippen LogP contribution in [-0.2, 0) is 9.59 Å². The molecule has 2 amide bonds.